The van der Waals surface area contributed by atoms with Gasteiger partial charge in [0.1, 0.15) is 5.52 Å². The van der Waals surface area contributed by atoms with Crippen molar-refractivity contribution in [1.29, 1.82) is 0 Å². The zero-order chi connectivity index (χ0) is 12.5. The first kappa shape index (κ1) is 11.7. The van der Waals surface area contributed by atoms with Crippen molar-refractivity contribution in [3.8, 4) is 0 Å². The van der Waals surface area contributed by atoms with Crippen LogP contribution in [-0.2, 0) is 6.54 Å². The lowest BCUT2D eigenvalue weighted by Gasteiger charge is -2.33. The van der Waals surface area contributed by atoms with Crippen LogP contribution in [0.25, 0.3) is 11.1 Å². The average molecular weight is 246 g/mol. The number of aromatic nitrogens is 1. The van der Waals surface area contributed by atoms with E-state index >= 15 is 0 Å². The summed E-state index contributed by atoms with van der Waals surface area (Å²) in [5.74, 6) is 1.13. The maximum atomic E-state index is 9.87. The molecule has 1 aliphatic heterocycles. The Balaban J connectivity index is 1.72. The Morgan fingerprint density at radius 1 is 1.44 bits per heavy atom. The number of likely N-dealkylation sites (tertiary alicyclic amines) is 1. The lowest BCUT2D eigenvalue weighted by molar-refractivity contribution is 0.0229. The molecule has 1 N–H and O–H groups in total. The predicted molar refractivity (Wildman–Crippen MR) is 69.1 cm³/mol. The van der Waals surface area contributed by atoms with Crippen LogP contribution in [0, 0.1) is 5.92 Å². The highest BCUT2D eigenvalue weighted by molar-refractivity contribution is 5.72. The van der Waals surface area contributed by atoms with Crippen LogP contribution in [-0.4, -0.2) is 34.2 Å². The van der Waals surface area contributed by atoms with E-state index in [1.54, 1.807) is 0 Å². The molecule has 2 atom stereocenters. The highest BCUT2D eigenvalue weighted by atomic mass is 16.3. The summed E-state index contributed by atoms with van der Waals surface area (Å²) in [6, 6.07) is 7.79. The summed E-state index contributed by atoms with van der Waals surface area (Å²) >= 11 is 0. The molecular formula is C14H18N2O2. The van der Waals surface area contributed by atoms with Gasteiger partial charge in [-0.05, 0) is 31.0 Å². The van der Waals surface area contributed by atoms with Crippen molar-refractivity contribution >= 4 is 11.1 Å². The van der Waals surface area contributed by atoms with Crippen molar-refractivity contribution in [2.45, 2.75) is 26.0 Å². The van der Waals surface area contributed by atoms with Gasteiger partial charge in [0, 0.05) is 6.54 Å². The molecule has 18 heavy (non-hydrogen) atoms. The molecule has 4 nitrogen and oxygen atoms in total. The first-order valence-electron chi connectivity index (χ1n) is 6.47. The monoisotopic (exact) mass is 246 g/mol. The summed E-state index contributed by atoms with van der Waals surface area (Å²) < 4.78 is 5.70. The van der Waals surface area contributed by atoms with Gasteiger partial charge in [-0.15, -0.1) is 0 Å². The summed E-state index contributed by atoms with van der Waals surface area (Å²) in [4.78, 5) is 6.66. The Morgan fingerprint density at radius 2 is 2.28 bits per heavy atom. The van der Waals surface area contributed by atoms with Crippen molar-refractivity contribution in [2.24, 2.45) is 5.92 Å². The fourth-order valence-corrected chi connectivity index (χ4v) is 2.44. The standard InChI is InChI=1S/C14H18N2O2/c1-10-6-7-16(8-12(10)17)9-14-15-11-4-2-3-5-13(11)18-14/h2-5,10,12,17H,6-9H2,1H3. The molecule has 4 heteroatoms. The molecule has 0 spiro atoms. The number of para-hydroxylation sites is 2. The molecule has 0 amide bonds. The molecule has 1 fully saturated rings. The minimum atomic E-state index is -0.233. The fraction of sp³-hybridized carbons (Fsp3) is 0.500. The number of hydrogen-bond acceptors (Lipinski definition) is 4. The maximum absolute atomic E-state index is 9.87. The van der Waals surface area contributed by atoms with Gasteiger partial charge in [-0.25, -0.2) is 4.98 Å². The molecule has 96 valence electrons. The third kappa shape index (κ3) is 2.26. The highest BCUT2D eigenvalue weighted by Gasteiger charge is 2.25. The van der Waals surface area contributed by atoms with Gasteiger partial charge in [-0.2, -0.15) is 0 Å². The van der Waals surface area contributed by atoms with Crippen LogP contribution >= 0.6 is 0 Å². The van der Waals surface area contributed by atoms with Gasteiger partial charge in [-0.1, -0.05) is 19.1 Å². The number of fused-ring (bicyclic) bond motifs is 1. The molecule has 1 aromatic heterocycles. The number of oxazole rings is 1. The number of aliphatic hydroxyl groups is 1. The number of hydrogen-bond donors (Lipinski definition) is 1. The summed E-state index contributed by atoms with van der Waals surface area (Å²) in [6.07, 6.45) is 0.796. The van der Waals surface area contributed by atoms with E-state index in [0.717, 1.165) is 30.0 Å². The summed E-state index contributed by atoms with van der Waals surface area (Å²) in [5, 5.41) is 9.87. The van der Waals surface area contributed by atoms with E-state index in [-0.39, 0.29) is 6.10 Å². The second kappa shape index (κ2) is 4.71. The van der Waals surface area contributed by atoms with Crippen molar-refractivity contribution in [3.05, 3.63) is 30.2 Å². The van der Waals surface area contributed by atoms with Crippen LogP contribution in [0.2, 0.25) is 0 Å². The molecule has 3 rings (SSSR count). The fourth-order valence-electron chi connectivity index (χ4n) is 2.44. The molecule has 0 radical (unpaired) electrons. The van der Waals surface area contributed by atoms with E-state index in [9.17, 15) is 5.11 Å². The van der Waals surface area contributed by atoms with E-state index in [1.165, 1.54) is 0 Å². The van der Waals surface area contributed by atoms with Crippen LogP contribution in [0.5, 0.6) is 0 Å². The minimum Gasteiger partial charge on any atom is -0.439 e. The van der Waals surface area contributed by atoms with Crippen LogP contribution in [0.1, 0.15) is 19.2 Å². The van der Waals surface area contributed by atoms with Gasteiger partial charge in [-0.3, -0.25) is 4.90 Å². The van der Waals surface area contributed by atoms with E-state index in [4.69, 9.17) is 4.42 Å². The second-order valence-corrected chi connectivity index (χ2v) is 5.14. The Kier molecular flexibility index (Phi) is 3.06. The Morgan fingerprint density at radius 3 is 3.06 bits per heavy atom. The van der Waals surface area contributed by atoms with Crippen molar-refractivity contribution in [1.82, 2.24) is 9.88 Å². The smallest absolute Gasteiger partial charge is 0.209 e. The van der Waals surface area contributed by atoms with Crippen LogP contribution in [0.15, 0.2) is 28.7 Å². The Hall–Kier alpha value is -1.39. The summed E-state index contributed by atoms with van der Waals surface area (Å²) in [5.41, 5.74) is 1.73. The number of benzene rings is 1. The largest absolute Gasteiger partial charge is 0.439 e. The molecule has 2 unspecified atom stereocenters. The van der Waals surface area contributed by atoms with E-state index < -0.39 is 0 Å². The van der Waals surface area contributed by atoms with Gasteiger partial charge in [0.2, 0.25) is 5.89 Å². The normalized spacial score (nSPS) is 25.7. The Bertz CT molecular complexity index is 504. The van der Waals surface area contributed by atoms with Crippen molar-refractivity contribution < 1.29 is 9.52 Å². The zero-order valence-electron chi connectivity index (χ0n) is 10.5. The van der Waals surface area contributed by atoms with Gasteiger partial charge < -0.3 is 9.52 Å². The topological polar surface area (TPSA) is 49.5 Å². The van der Waals surface area contributed by atoms with Crippen LogP contribution in [0.3, 0.4) is 0 Å². The number of rotatable bonds is 2. The SMILES string of the molecule is CC1CCN(Cc2nc3ccccc3o2)CC1O. The van der Waals surface area contributed by atoms with Crippen molar-refractivity contribution in [2.75, 3.05) is 13.1 Å². The van der Waals surface area contributed by atoms with Crippen molar-refractivity contribution in [3.63, 3.8) is 0 Å². The van der Waals surface area contributed by atoms with Gasteiger partial charge in [0.15, 0.2) is 5.58 Å². The number of β-amino-alcohol motifs (C(OH)–C–C–N with tert-alkyl or cyclic N) is 1. The Labute approximate surface area is 106 Å². The zero-order valence-corrected chi connectivity index (χ0v) is 10.5. The number of piperidine rings is 1. The van der Waals surface area contributed by atoms with E-state index in [0.29, 0.717) is 19.0 Å². The molecule has 0 saturated carbocycles. The molecule has 1 aliphatic rings. The maximum Gasteiger partial charge on any atom is 0.209 e. The third-order valence-electron chi connectivity index (χ3n) is 3.70. The van der Waals surface area contributed by atoms with Gasteiger partial charge >= 0.3 is 0 Å². The molecular weight excluding hydrogens is 228 g/mol. The molecule has 2 aromatic rings. The quantitative estimate of drug-likeness (QED) is 0.881. The molecule has 1 saturated heterocycles. The lowest BCUT2D eigenvalue weighted by atomic mass is 9.96. The van der Waals surface area contributed by atoms with Crippen LogP contribution < -0.4 is 0 Å². The number of aliphatic hydroxyl groups excluding tert-OH is 1. The second-order valence-electron chi connectivity index (χ2n) is 5.14. The summed E-state index contributed by atoms with van der Waals surface area (Å²) in [6.45, 7) is 4.48. The average Bonchev–Trinajstić information content (AvgIpc) is 2.76. The molecule has 2 heterocycles. The molecule has 0 bridgehead atoms. The van der Waals surface area contributed by atoms with E-state index in [1.807, 2.05) is 24.3 Å². The first-order chi connectivity index (χ1) is 8.72. The molecule has 1 aromatic carbocycles. The minimum absolute atomic E-state index is 0.233. The van der Waals surface area contributed by atoms with Gasteiger partial charge in [0.05, 0.1) is 12.6 Å². The van der Waals surface area contributed by atoms with Crippen LogP contribution in [0.4, 0.5) is 0 Å². The summed E-state index contributed by atoms with van der Waals surface area (Å²) in [7, 11) is 0. The third-order valence-corrected chi connectivity index (χ3v) is 3.70. The predicted octanol–water partition coefficient (Wildman–Crippen LogP) is 2.03. The first-order valence-corrected chi connectivity index (χ1v) is 6.47. The molecule has 0 aliphatic carbocycles. The highest BCUT2D eigenvalue weighted by Crippen LogP contribution is 2.20. The lowest BCUT2D eigenvalue weighted by Crippen LogP contribution is -2.42. The van der Waals surface area contributed by atoms with E-state index in [2.05, 4.69) is 16.8 Å². The van der Waals surface area contributed by atoms with Gasteiger partial charge in [0.25, 0.3) is 0 Å². The number of nitrogens with zero attached hydrogens (tertiary/aromatic N) is 2.